The zero-order chi connectivity index (χ0) is 13.6. The highest BCUT2D eigenvalue weighted by Gasteiger charge is 2.14. The van der Waals surface area contributed by atoms with Crippen LogP contribution < -0.4 is 10.2 Å². The maximum Gasteiger partial charge on any atom is 0.200 e. The molecule has 1 heterocycles. The van der Waals surface area contributed by atoms with Crippen LogP contribution in [-0.2, 0) is 0 Å². The lowest BCUT2D eigenvalue weighted by Crippen LogP contribution is -2.02. The van der Waals surface area contributed by atoms with Gasteiger partial charge in [0.1, 0.15) is 10.8 Å². The third kappa shape index (κ3) is 1.78. The molecule has 0 bridgehead atoms. The summed E-state index contributed by atoms with van der Waals surface area (Å²) in [6, 6.07) is 8.31. The number of halogens is 2. The van der Waals surface area contributed by atoms with Gasteiger partial charge in [-0.3, -0.25) is 4.79 Å². The van der Waals surface area contributed by atoms with Crippen LogP contribution in [-0.4, -0.2) is 7.11 Å². The molecular weight excluding hydrogens is 287 g/mol. The number of rotatable bonds is 1. The summed E-state index contributed by atoms with van der Waals surface area (Å²) in [6.45, 7) is 0. The molecule has 0 fully saturated rings. The molecule has 2 aromatic carbocycles. The van der Waals surface area contributed by atoms with Crippen LogP contribution in [0.1, 0.15) is 0 Å². The number of hydrogen-bond donors (Lipinski definition) is 0. The van der Waals surface area contributed by atoms with Gasteiger partial charge in [-0.1, -0.05) is 29.3 Å². The average Bonchev–Trinajstić information content (AvgIpc) is 2.41. The van der Waals surface area contributed by atoms with Crippen LogP contribution in [0.4, 0.5) is 0 Å². The van der Waals surface area contributed by atoms with Gasteiger partial charge in [0.15, 0.2) is 11.2 Å². The fourth-order valence-electron chi connectivity index (χ4n) is 2.01. The summed E-state index contributed by atoms with van der Waals surface area (Å²) in [6.07, 6.45) is 0. The number of methoxy groups -OCH3 is 1. The molecule has 0 N–H and O–H groups in total. The molecule has 0 saturated heterocycles. The van der Waals surface area contributed by atoms with Gasteiger partial charge in [0.25, 0.3) is 0 Å². The Morgan fingerprint density at radius 3 is 2.53 bits per heavy atom. The van der Waals surface area contributed by atoms with Crippen molar-refractivity contribution in [1.82, 2.24) is 0 Å². The van der Waals surface area contributed by atoms with E-state index in [2.05, 4.69) is 0 Å². The second-order valence-electron chi connectivity index (χ2n) is 4.01. The van der Waals surface area contributed by atoms with E-state index in [1.165, 1.54) is 7.11 Å². The van der Waals surface area contributed by atoms with Crippen molar-refractivity contribution < 1.29 is 9.15 Å². The number of hydrogen-bond acceptors (Lipinski definition) is 3. The predicted molar refractivity (Wildman–Crippen MR) is 76.6 cm³/mol. The molecule has 0 aliphatic carbocycles. The molecule has 3 rings (SSSR count). The minimum absolute atomic E-state index is 0.164. The lowest BCUT2D eigenvalue weighted by Gasteiger charge is -2.07. The van der Waals surface area contributed by atoms with Gasteiger partial charge >= 0.3 is 0 Å². The van der Waals surface area contributed by atoms with Crippen molar-refractivity contribution in [1.29, 1.82) is 0 Å². The van der Waals surface area contributed by atoms with E-state index in [1.807, 2.05) is 0 Å². The first-order valence-electron chi connectivity index (χ1n) is 5.51. The van der Waals surface area contributed by atoms with Crippen LogP contribution in [0.5, 0.6) is 5.75 Å². The standard InChI is InChI=1S/C14H8Cl2O3/c1-18-10-6-5-8-12(17)7-3-2-4-9(15)13(7)19-14(8)11(10)16/h2-6H,1H3. The Hall–Kier alpha value is -1.71. The van der Waals surface area contributed by atoms with Crippen LogP contribution in [0, 0.1) is 0 Å². The SMILES string of the molecule is COc1ccc2c(=O)c3cccc(Cl)c3oc2c1Cl. The summed E-state index contributed by atoms with van der Waals surface area (Å²) in [5.74, 6) is 0.448. The predicted octanol–water partition coefficient (Wildman–Crippen LogP) is 4.26. The molecule has 0 atom stereocenters. The summed E-state index contributed by atoms with van der Waals surface area (Å²) in [7, 11) is 1.50. The molecule has 0 saturated carbocycles. The third-order valence-corrected chi connectivity index (χ3v) is 3.60. The lowest BCUT2D eigenvalue weighted by molar-refractivity contribution is 0.415. The summed E-state index contributed by atoms with van der Waals surface area (Å²) in [5, 5.41) is 1.47. The van der Waals surface area contributed by atoms with Gasteiger partial charge < -0.3 is 9.15 Å². The highest BCUT2D eigenvalue weighted by molar-refractivity contribution is 6.37. The quantitative estimate of drug-likeness (QED) is 0.630. The molecule has 0 aliphatic heterocycles. The van der Waals surface area contributed by atoms with E-state index in [-0.39, 0.29) is 16.0 Å². The lowest BCUT2D eigenvalue weighted by atomic mass is 10.1. The van der Waals surface area contributed by atoms with Crippen LogP contribution in [0.25, 0.3) is 21.9 Å². The van der Waals surface area contributed by atoms with Gasteiger partial charge in [-0.25, -0.2) is 0 Å². The fourth-order valence-corrected chi connectivity index (χ4v) is 2.51. The topological polar surface area (TPSA) is 39.4 Å². The first-order valence-corrected chi connectivity index (χ1v) is 6.26. The van der Waals surface area contributed by atoms with Gasteiger partial charge in [-0.2, -0.15) is 0 Å². The molecule has 3 aromatic rings. The van der Waals surface area contributed by atoms with E-state index in [0.29, 0.717) is 27.1 Å². The van der Waals surface area contributed by atoms with Gasteiger partial charge in [0.05, 0.1) is 22.9 Å². The zero-order valence-electron chi connectivity index (χ0n) is 9.87. The molecule has 0 spiro atoms. The van der Waals surface area contributed by atoms with Crippen LogP contribution in [0.3, 0.4) is 0 Å². The Labute approximate surface area is 118 Å². The monoisotopic (exact) mass is 294 g/mol. The van der Waals surface area contributed by atoms with Crippen LogP contribution in [0.2, 0.25) is 10.0 Å². The average molecular weight is 295 g/mol. The second kappa shape index (κ2) is 4.44. The smallest absolute Gasteiger partial charge is 0.200 e. The van der Waals surface area contributed by atoms with Crippen molar-refractivity contribution >= 4 is 45.1 Å². The van der Waals surface area contributed by atoms with Crippen molar-refractivity contribution in [2.45, 2.75) is 0 Å². The zero-order valence-corrected chi connectivity index (χ0v) is 11.4. The van der Waals surface area contributed by atoms with Gasteiger partial charge in [0, 0.05) is 0 Å². The molecule has 0 unspecified atom stereocenters. The Kier molecular flexibility index (Phi) is 2.88. The van der Waals surface area contributed by atoms with E-state index in [4.69, 9.17) is 32.4 Å². The van der Waals surface area contributed by atoms with Gasteiger partial charge in [-0.15, -0.1) is 0 Å². The summed E-state index contributed by atoms with van der Waals surface area (Å²) in [5.41, 5.74) is 0.451. The first kappa shape index (κ1) is 12.3. The fraction of sp³-hybridized carbons (Fsp3) is 0.0714. The maximum absolute atomic E-state index is 12.4. The number of para-hydroxylation sites is 1. The summed E-state index contributed by atoms with van der Waals surface area (Å²) < 4.78 is 10.8. The molecule has 0 radical (unpaired) electrons. The molecule has 96 valence electrons. The highest BCUT2D eigenvalue weighted by Crippen LogP contribution is 2.34. The van der Waals surface area contributed by atoms with E-state index in [9.17, 15) is 4.79 Å². The van der Waals surface area contributed by atoms with E-state index >= 15 is 0 Å². The Morgan fingerprint density at radius 1 is 1.05 bits per heavy atom. The minimum atomic E-state index is -0.164. The van der Waals surface area contributed by atoms with Crippen LogP contribution in [0.15, 0.2) is 39.5 Å². The molecule has 1 aromatic heterocycles. The van der Waals surface area contributed by atoms with E-state index in [0.717, 1.165) is 0 Å². The molecule has 3 nitrogen and oxygen atoms in total. The van der Waals surface area contributed by atoms with E-state index in [1.54, 1.807) is 30.3 Å². The second-order valence-corrected chi connectivity index (χ2v) is 4.79. The Morgan fingerprint density at radius 2 is 1.79 bits per heavy atom. The maximum atomic E-state index is 12.4. The number of benzene rings is 2. The molecule has 5 heteroatoms. The van der Waals surface area contributed by atoms with Crippen LogP contribution >= 0.6 is 23.2 Å². The highest BCUT2D eigenvalue weighted by atomic mass is 35.5. The molecule has 0 aliphatic rings. The van der Waals surface area contributed by atoms with Crippen molar-refractivity contribution in [3.63, 3.8) is 0 Å². The molecule has 19 heavy (non-hydrogen) atoms. The van der Waals surface area contributed by atoms with Crippen molar-refractivity contribution in [2.24, 2.45) is 0 Å². The Bertz CT molecular complexity index is 853. The normalized spacial score (nSPS) is 11.1. The largest absolute Gasteiger partial charge is 0.495 e. The van der Waals surface area contributed by atoms with E-state index < -0.39 is 0 Å². The molecule has 0 amide bonds. The van der Waals surface area contributed by atoms with Gasteiger partial charge in [0.2, 0.25) is 5.43 Å². The van der Waals surface area contributed by atoms with Crippen molar-refractivity contribution in [3.8, 4) is 5.75 Å². The van der Waals surface area contributed by atoms with Crippen molar-refractivity contribution in [3.05, 3.63) is 50.6 Å². The first-order chi connectivity index (χ1) is 9.13. The molecular formula is C14H8Cl2O3. The summed E-state index contributed by atoms with van der Waals surface area (Å²) >= 11 is 12.2. The third-order valence-electron chi connectivity index (χ3n) is 2.94. The van der Waals surface area contributed by atoms with Crippen molar-refractivity contribution in [2.75, 3.05) is 7.11 Å². The Balaban J connectivity index is 2.58. The summed E-state index contributed by atoms with van der Waals surface area (Å²) in [4.78, 5) is 12.4. The number of fused-ring (bicyclic) bond motifs is 2. The number of ether oxygens (including phenoxy) is 1. The minimum Gasteiger partial charge on any atom is -0.495 e. The van der Waals surface area contributed by atoms with Gasteiger partial charge in [-0.05, 0) is 24.3 Å².